The van der Waals surface area contributed by atoms with Crippen molar-refractivity contribution in [3.63, 3.8) is 0 Å². The first-order valence-electron chi connectivity index (χ1n) is 5.87. The molecule has 18 heavy (non-hydrogen) atoms. The maximum absolute atomic E-state index is 12.8. The van der Waals surface area contributed by atoms with Gasteiger partial charge in [-0.05, 0) is 36.9 Å². The summed E-state index contributed by atoms with van der Waals surface area (Å²) in [5.41, 5.74) is 0.913. The maximum atomic E-state index is 12.8. The molecule has 0 spiro atoms. The van der Waals surface area contributed by atoms with Crippen LogP contribution in [0.25, 0.3) is 0 Å². The number of nitrogens with zero attached hydrogens (tertiary/aromatic N) is 1. The molecule has 2 aromatic rings. The van der Waals surface area contributed by atoms with Gasteiger partial charge in [-0.1, -0.05) is 6.92 Å². The summed E-state index contributed by atoms with van der Waals surface area (Å²) in [7, 11) is 0. The third kappa shape index (κ3) is 3.53. The Balaban J connectivity index is 2.06. The molecule has 0 fully saturated rings. The van der Waals surface area contributed by atoms with Crippen LogP contribution in [0.5, 0.6) is 11.5 Å². The van der Waals surface area contributed by atoms with Crippen LogP contribution in [0.4, 0.5) is 4.39 Å². The zero-order valence-corrected chi connectivity index (χ0v) is 10.2. The van der Waals surface area contributed by atoms with Crippen molar-refractivity contribution in [1.29, 1.82) is 0 Å². The number of benzene rings is 1. The molecule has 94 valence electrons. The number of rotatable bonds is 5. The number of hydrogen-bond donors (Lipinski definition) is 1. The highest BCUT2D eigenvalue weighted by Gasteiger charge is 2.00. The number of nitrogens with one attached hydrogen (secondary N) is 1. The number of hydrogen-bond acceptors (Lipinski definition) is 3. The van der Waals surface area contributed by atoms with Crippen LogP contribution >= 0.6 is 0 Å². The average Bonchev–Trinajstić information content (AvgIpc) is 2.40. The van der Waals surface area contributed by atoms with Gasteiger partial charge >= 0.3 is 0 Å². The second-order valence-electron chi connectivity index (χ2n) is 3.82. The Bertz CT molecular complexity index is 499. The van der Waals surface area contributed by atoms with E-state index in [9.17, 15) is 4.39 Å². The molecule has 1 aromatic carbocycles. The summed E-state index contributed by atoms with van der Waals surface area (Å²) in [6, 6.07) is 9.58. The van der Waals surface area contributed by atoms with Gasteiger partial charge in [0.05, 0.1) is 5.69 Å². The fourth-order valence-electron chi connectivity index (χ4n) is 1.51. The van der Waals surface area contributed by atoms with Crippen molar-refractivity contribution in [3.05, 3.63) is 54.1 Å². The first-order chi connectivity index (χ1) is 8.78. The largest absolute Gasteiger partial charge is 0.457 e. The molecular weight excluding hydrogens is 231 g/mol. The van der Waals surface area contributed by atoms with Gasteiger partial charge in [0, 0.05) is 18.8 Å². The van der Waals surface area contributed by atoms with Crippen molar-refractivity contribution >= 4 is 0 Å². The van der Waals surface area contributed by atoms with E-state index >= 15 is 0 Å². The molecule has 2 rings (SSSR count). The van der Waals surface area contributed by atoms with Crippen molar-refractivity contribution in [2.24, 2.45) is 0 Å². The predicted molar refractivity (Wildman–Crippen MR) is 68.1 cm³/mol. The van der Waals surface area contributed by atoms with E-state index in [0.717, 1.165) is 12.2 Å². The van der Waals surface area contributed by atoms with Crippen molar-refractivity contribution in [2.45, 2.75) is 13.5 Å². The van der Waals surface area contributed by atoms with Crippen LogP contribution in [-0.4, -0.2) is 11.5 Å². The summed E-state index contributed by atoms with van der Waals surface area (Å²) in [5, 5.41) is 3.20. The lowest BCUT2D eigenvalue weighted by atomic mass is 10.3. The zero-order chi connectivity index (χ0) is 12.8. The Kier molecular flexibility index (Phi) is 4.25. The molecule has 0 aliphatic rings. The van der Waals surface area contributed by atoms with E-state index in [4.69, 9.17) is 4.74 Å². The Morgan fingerprint density at radius 2 is 1.94 bits per heavy atom. The van der Waals surface area contributed by atoms with Gasteiger partial charge in [-0.25, -0.2) is 4.39 Å². The highest BCUT2D eigenvalue weighted by atomic mass is 19.1. The first-order valence-corrected chi connectivity index (χ1v) is 5.87. The molecule has 0 atom stereocenters. The molecule has 0 aliphatic heterocycles. The molecule has 1 aromatic heterocycles. The number of ether oxygens (including phenoxy) is 1. The molecule has 0 radical (unpaired) electrons. The summed E-state index contributed by atoms with van der Waals surface area (Å²) >= 11 is 0. The first kappa shape index (κ1) is 12.5. The van der Waals surface area contributed by atoms with E-state index in [0.29, 0.717) is 18.0 Å². The summed E-state index contributed by atoms with van der Waals surface area (Å²) in [6.45, 7) is 3.64. The van der Waals surface area contributed by atoms with Crippen molar-refractivity contribution < 1.29 is 9.13 Å². The van der Waals surface area contributed by atoms with E-state index in [-0.39, 0.29) is 5.82 Å². The van der Waals surface area contributed by atoms with Crippen LogP contribution in [0.2, 0.25) is 0 Å². The molecular formula is C14H15FN2O. The summed E-state index contributed by atoms with van der Waals surface area (Å²) in [6.07, 6.45) is 1.70. The fourth-order valence-corrected chi connectivity index (χ4v) is 1.51. The Labute approximate surface area is 106 Å². The van der Waals surface area contributed by atoms with Crippen LogP contribution in [0.3, 0.4) is 0 Å². The van der Waals surface area contributed by atoms with Crippen molar-refractivity contribution in [2.75, 3.05) is 6.54 Å². The second kappa shape index (κ2) is 6.12. The normalized spacial score (nSPS) is 10.3. The van der Waals surface area contributed by atoms with E-state index in [2.05, 4.69) is 10.3 Å². The molecule has 0 amide bonds. The molecule has 0 saturated heterocycles. The molecule has 0 bridgehead atoms. The lowest BCUT2D eigenvalue weighted by Gasteiger charge is -2.07. The Hall–Kier alpha value is -1.94. The highest BCUT2D eigenvalue weighted by Crippen LogP contribution is 2.21. The molecule has 3 nitrogen and oxygen atoms in total. The zero-order valence-electron chi connectivity index (χ0n) is 10.2. The van der Waals surface area contributed by atoms with Gasteiger partial charge in [0.15, 0.2) is 0 Å². The van der Waals surface area contributed by atoms with E-state index < -0.39 is 0 Å². The number of halogens is 1. The topological polar surface area (TPSA) is 34.1 Å². The summed E-state index contributed by atoms with van der Waals surface area (Å²) in [5.74, 6) is 1.03. The molecule has 0 aliphatic carbocycles. The van der Waals surface area contributed by atoms with Gasteiger partial charge in [-0.2, -0.15) is 0 Å². The molecule has 1 N–H and O–H groups in total. The smallest absolute Gasteiger partial charge is 0.130 e. The Morgan fingerprint density at radius 1 is 1.17 bits per heavy atom. The monoisotopic (exact) mass is 246 g/mol. The van der Waals surface area contributed by atoms with Crippen LogP contribution in [-0.2, 0) is 6.54 Å². The molecule has 0 saturated carbocycles. The minimum atomic E-state index is -0.273. The quantitative estimate of drug-likeness (QED) is 0.880. The Morgan fingerprint density at radius 3 is 2.67 bits per heavy atom. The lowest BCUT2D eigenvalue weighted by Crippen LogP contribution is -2.12. The maximum Gasteiger partial charge on any atom is 0.130 e. The van der Waals surface area contributed by atoms with Gasteiger partial charge in [0.1, 0.15) is 17.3 Å². The fraction of sp³-hybridized carbons (Fsp3) is 0.214. The van der Waals surface area contributed by atoms with Gasteiger partial charge in [0.2, 0.25) is 0 Å². The summed E-state index contributed by atoms with van der Waals surface area (Å²) < 4.78 is 18.4. The minimum absolute atomic E-state index is 0.273. The van der Waals surface area contributed by atoms with Gasteiger partial charge < -0.3 is 10.1 Å². The van der Waals surface area contributed by atoms with Crippen LogP contribution < -0.4 is 10.1 Å². The van der Waals surface area contributed by atoms with Gasteiger partial charge in [0.25, 0.3) is 0 Å². The number of aromatic nitrogens is 1. The van der Waals surface area contributed by atoms with Crippen molar-refractivity contribution in [3.8, 4) is 11.5 Å². The standard InChI is InChI=1S/C14H15FN2O/c1-2-16-10-12-9-14(7-8-17-12)18-13-5-3-11(15)4-6-13/h3-9,16H,2,10H2,1H3. The third-order valence-electron chi connectivity index (χ3n) is 2.39. The minimum Gasteiger partial charge on any atom is -0.457 e. The van der Waals surface area contributed by atoms with Crippen LogP contribution in [0, 0.1) is 5.82 Å². The molecule has 0 unspecified atom stereocenters. The second-order valence-corrected chi connectivity index (χ2v) is 3.82. The van der Waals surface area contributed by atoms with E-state index in [1.165, 1.54) is 12.1 Å². The molecule has 4 heteroatoms. The van der Waals surface area contributed by atoms with Crippen LogP contribution in [0.1, 0.15) is 12.6 Å². The van der Waals surface area contributed by atoms with E-state index in [1.807, 2.05) is 13.0 Å². The van der Waals surface area contributed by atoms with Crippen LogP contribution in [0.15, 0.2) is 42.6 Å². The van der Waals surface area contributed by atoms with E-state index in [1.54, 1.807) is 24.4 Å². The average molecular weight is 246 g/mol. The number of pyridine rings is 1. The van der Waals surface area contributed by atoms with Gasteiger partial charge in [-0.15, -0.1) is 0 Å². The molecule has 1 heterocycles. The predicted octanol–water partition coefficient (Wildman–Crippen LogP) is 3.12. The lowest BCUT2D eigenvalue weighted by molar-refractivity contribution is 0.478. The third-order valence-corrected chi connectivity index (χ3v) is 2.39. The summed E-state index contributed by atoms with van der Waals surface area (Å²) in [4.78, 5) is 4.23. The van der Waals surface area contributed by atoms with Crippen molar-refractivity contribution in [1.82, 2.24) is 10.3 Å². The SMILES string of the molecule is CCNCc1cc(Oc2ccc(F)cc2)ccn1. The highest BCUT2D eigenvalue weighted by molar-refractivity contribution is 5.31. The van der Waals surface area contributed by atoms with Gasteiger partial charge in [-0.3, -0.25) is 4.98 Å².